The van der Waals surface area contributed by atoms with Crippen molar-refractivity contribution >= 4 is 22.3 Å². The zero-order valence-electron chi connectivity index (χ0n) is 23.6. The molecule has 1 aliphatic heterocycles. The first-order valence-electron chi connectivity index (χ1n) is 13.6. The number of nitrogens with one attached hydrogen (secondary N) is 1. The zero-order valence-corrected chi connectivity index (χ0v) is 23.6. The summed E-state index contributed by atoms with van der Waals surface area (Å²) < 4.78 is 22.8. The molecule has 2 heterocycles. The summed E-state index contributed by atoms with van der Waals surface area (Å²) in [6, 6.07) is 21.9. The molecule has 0 radical (unpaired) electrons. The Balaban J connectivity index is 1.27. The van der Waals surface area contributed by atoms with E-state index in [1.165, 1.54) is 5.56 Å². The summed E-state index contributed by atoms with van der Waals surface area (Å²) in [5.41, 5.74) is 4.13. The third-order valence-electron chi connectivity index (χ3n) is 7.15. The molecule has 0 amide bonds. The van der Waals surface area contributed by atoms with Gasteiger partial charge in [-0.15, -0.1) is 0 Å². The number of rotatable bonds is 9. The van der Waals surface area contributed by atoms with E-state index in [4.69, 9.17) is 18.9 Å². The summed E-state index contributed by atoms with van der Waals surface area (Å²) in [7, 11) is 1.59. The number of aromatic nitrogens is 1. The smallest absolute Gasteiger partial charge is 0.163 e. The molecule has 5 rings (SSSR count). The largest absolute Gasteiger partial charge is 0.633 e. The lowest BCUT2D eigenvalue weighted by molar-refractivity contribution is -0.888. The van der Waals surface area contributed by atoms with Crippen molar-refractivity contribution in [3.8, 4) is 23.0 Å². The molecule has 0 saturated carbocycles. The van der Waals surface area contributed by atoms with Gasteiger partial charge in [0.25, 0.3) is 0 Å². The first-order valence-corrected chi connectivity index (χ1v) is 13.6. The average Bonchev–Trinajstić information content (AvgIpc) is 2.94. The number of quaternary nitrogens is 1. The number of fused-ring (bicyclic) bond motifs is 1. The number of anilines is 2. The molecule has 1 fully saturated rings. The van der Waals surface area contributed by atoms with Gasteiger partial charge in [0, 0.05) is 29.0 Å². The second-order valence-corrected chi connectivity index (χ2v) is 11.1. The van der Waals surface area contributed by atoms with Crippen LogP contribution in [0.15, 0.2) is 72.9 Å². The second kappa shape index (κ2) is 11.7. The summed E-state index contributed by atoms with van der Waals surface area (Å²) in [6.07, 6.45) is 1.71. The molecule has 8 nitrogen and oxygen atoms in total. The fourth-order valence-electron chi connectivity index (χ4n) is 4.66. The van der Waals surface area contributed by atoms with Gasteiger partial charge in [0.2, 0.25) is 0 Å². The third kappa shape index (κ3) is 6.65. The van der Waals surface area contributed by atoms with E-state index in [0.717, 1.165) is 16.8 Å². The van der Waals surface area contributed by atoms with Crippen LogP contribution in [0.5, 0.6) is 23.0 Å². The van der Waals surface area contributed by atoms with E-state index in [9.17, 15) is 5.21 Å². The van der Waals surface area contributed by atoms with E-state index < -0.39 is 0 Å². The van der Waals surface area contributed by atoms with Crippen LogP contribution in [-0.4, -0.2) is 56.2 Å². The fourth-order valence-corrected chi connectivity index (χ4v) is 4.66. The quantitative estimate of drug-likeness (QED) is 0.184. The molecule has 0 aliphatic carbocycles. The number of benzene rings is 3. The Morgan fingerprint density at radius 1 is 0.900 bits per heavy atom. The van der Waals surface area contributed by atoms with Gasteiger partial charge in [-0.05, 0) is 59.5 Å². The van der Waals surface area contributed by atoms with E-state index >= 15 is 0 Å². The molecular weight excluding hydrogens is 506 g/mol. The first-order chi connectivity index (χ1) is 19.2. The molecule has 1 aromatic heterocycles. The minimum absolute atomic E-state index is 0.123. The van der Waals surface area contributed by atoms with Crippen molar-refractivity contribution in [2.24, 2.45) is 0 Å². The molecule has 40 heavy (non-hydrogen) atoms. The number of ether oxygens (including phenoxy) is 4. The summed E-state index contributed by atoms with van der Waals surface area (Å²) in [5, 5.41) is 17.0. The van der Waals surface area contributed by atoms with Crippen molar-refractivity contribution < 1.29 is 23.6 Å². The Morgan fingerprint density at radius 3 is 2.23 bits per heavy atom. The van der Waals surface area contributed by atoms with Gasteiger partial charge < -0.3 is 34.1 Å². The number of morpholine rings is 1. The Morgan fingerprint density at radius 2 is 1.57 bits per heavy atom. The van der Waals surface area contributed by atoms with Crippen LogP contribution < -0.4 is 19.5 Å². The first kappa shape index (κ1) is 27.7. The van der Waals surface area contributed by atoms with Gasteiger partial charge in [-0.1, -0.05) is 32.9 Å². The highest BCUT2D eigenvalue weighted by atomic mass is 16.6. The summed E-state index contributed by atoms with van der Waals surface area (Å²) >= 11 is 0. The van der Waals surface area contributed by atoms with Crippen LogP contribution in [0.4, 0.5) is 11.4 Å². The van der Waals surface area contributed by atoms with Gasteiger partial charge in [-0.25, -0.2) is 0 Å². The molecule has 1 N–H and O–H groups in total. The van der Waals surface area contributed by atoms with E-state index in [1.807, 2.05) is 42.5 Å². The van der Waals surface area contributed by atoms with Gasteiger partial charge in [0.1, 0.15) is 37.7 Å². The van der Waals surface area contributed by atoms with Crippen molar-refractivity contribution in [2.45, 2.75) is 26.2 Å². The lowest BCUT2D eigenvalue weighted by atomic mass is 9.87. The average molecular weight is 544 g/mol. The maximum atomic E-state index is 12.8. The maximum absolute atomic E-state index is 12.8. The molecule has 0 unspecified atom stereocenters. The summed E-state index contributed by atoms with van der Waals surface area (Å²) in [5.74, 6) is 2.47. The molecule has 3 aromatic carbocycles. The highest BCUT2D eigenvalue weighted by Crippen LogP contribution is 2.37. The molecule has 0 atom stereocenters. The summed E-state index contributed by atoms with van der Waals surface area (Å²) in [6.45, 7) is 9.13. The Bertz CT molecular complexity index is 1430. The van der Waals surface area contributed by atoms with Gasteiger partial charge in [0.15, 0.2) is 11.5 Å². The van der Waals surface area contributed by atoms with E-state index in [0.29, 0.717) is 61.4 Å². The van der Waals surface area contributed by atoms with Crippen LogP contribution in [0.1, 0.15) is 26.3 Å². The van der Waals surface area contributed by atoms with Crippen molar-refractivity contribution in [3.05, 3.63) is 83.7 Å². The van der Waals surface area contributed by atoms with Gasteiger partial charge in [-0.3, -0.25) is 4.98 Å². The molecule has 210 valence electrons. The fraction of sp³-hybridized carbons (Fsp3) is 0.344. The molecule has 0 spiro atoms. The number of hydroxylamine groups is 3. The predicted molar refractivity (Wildman–Crippen MR) is 158 cm³/mol. The van der Waals surface area contributed by atoms with Crippen molar-refractivity contribution in [3.63, 3.8) is 0 Å². The molecule has 4 aromatic rings. The van der Waals surface area contributed by atoms with Gasteiger partial charge in [-0.2, -0.15) is 0 Å². The Labute approximate surface area is 235 Å². The predicted octanol–water partition coefficient (Wildman–Crippen LogP) is 6.80. The number of nitrogens with zero attached hydrogens (tertiary/aromatic N) is 2. The highest BCUT2D eigenvalue weighted by molar-refractivity contribution is 5.88. The van der Waals surface area contributed by atoms with Crippen molar-refractivity contribution in [1.29, 1.82) is 0 Å². The van der Waals surface area contributed by atoms with Crippen LogP contribution in [0, 0.1) is 5.21 Å². The molecule has 1 aliphatic rings. The van der Waals surface area contributed by atoms with Crippen molar-refractivity contribution in [2.75, 3.05) is 51.9 Å². The Kier molecular flexibility index (Phi) is 8.12. The van der Waals surface area contributed by atoms with Crippen LogP contribution in [-0.2, 0) is 10.2 Å². The number of pyridine rings is 1. The number of hydrogen-bond donors (Lipinski definition) is 1. The third-order valence-corrected chi connectivity index (χ3v) is 7.15. The number of methoxy groups -OCH3 is 1. The topological polar surface area (TPSA) is 84.9 Å². The minimum Gasteiger partial charge on any atom is -0.633 e. The van der Waals surface area contributed by atoms with E-state index in [2.05, 4.69) is 55.3 Å². The van der Waals surface area contributed by atoms with E-state index in [-0.39, 0.29) is 16.7 Å². The SMILES string of the molecule is COc1cc2c(Oc3ccc(Nc4ccc(C(C)(C)C)cc4)cc3)ccnc2cc1OCC[N+]1([O-])CCOCC1. The van der Waals surface area contributed by atoms with E-state index in [1.54, 1.807) is 13.3 Å². The lowest BCUT2D eigenvalue weighted by Crippen LogP contribution is -2.52. The van der Waals surface area contributed by atoms with Gasteiger partial charge >= 0.3 is 0 Å². The molecule has 8 heteroatoms. The standard InChI is InChI=1S/C32H37N3O5/c1-32(2,3)23-5-7-24(8-6-23)34-25-9-11-26(12-10-25)40-29-13-14-33-28-22-31(30(37-4)21-27(28)29)39-20-17-35(36)15-18-38-19-16-35/h5-14,21-22,34H,15-20H2,1-4H3. The monoisotopic (exact) mass is 543 g/mol. The van der Waals surface area contributed by atoms with Crippen molar-refractivity contribution in [1.82, 2.24) is 4.98 Å². The maximum Gasteiger partial charge on any atom is 0.163 e. The highest BCUT2D eigenvalue weighted by Gasteiger charge is 2.21. The summed E-state index contributed by atoms with van der Waals surface area (Å²) in [4.78, 5) is 4.51. The second-order valence-electron chi connectivity index (χ2n) is 11.1. The van der Waals surface area contributed by atoms with Crippen LogP contribution in [0.2, 0.25) is 0 Å². The Hall–Kier alpha value is -3.85. The molecule has 1 saturated heterocycles. The minimum atomic E-state index is -0.302. The molecule has 0 bridgehead atoms. The molecular formula is C32H37N3O5. The van der Waals surface area contributed by atoms with Crippen LogP contribution in [0.25, 0.3) is 10.9 Å². The van der Waals surface area contributed by atoms with Gasteiger partial charge in [0.05, 0.1) is 25.8 Å². The normalized spacial score (nSPS) is 15.0. The van der Waals surface area contributed by atoms with Crippen LogP contribution >= 0.6 is 0 Å². The lowest BCUT2D eigenvalue weighted by Gasteiger charge is -2.44. The zero-order chi connectivity index (χ0) is 28.2. The number of hydrogen-bond acceptors (Lipinski definition) is 7. The van der Waals surface area contributed by atoms with Crippen LogP contribution in [0.3, 0.4) is 0 Å².